The molecule has 0 heterocycles. The zero-order valence-electron chi connectivity index (χ0n) is 5.91. The molecule has 0 radical (unpaired) electrons. The fourth-order valence-corrected chi connectivity index (χ4v) is 0. The van der Waals surface area contributed by atoms with Crippen molar-refractivity contribution in [3.63, 3.8) is 0 Å². The van der Waals surface area contributed by atoms with Gasteiger partial charge in [0.1, 0.15) is 0 Å². The van der Waals surface area contributed by atoms with Crippen LogP contribution in [0.25, 0.3) is 0 Å². The fraction of sp³-hybridized carbons (Fsp3) is 0. The monoisotopic (exact) mass is 294 g/mol. The molecule has 10 heavy (non-hydrogen) atoms. The van der Waals surface area contributed by atoms with Crippen molar-refractivity contribution in [3.05, 3.63) is 0 Å². The summed E-state index contributed by atoms with van der Waals surface area (Å²) in [4.78, 5) is 0. The van der Waals surface area contributed by atoms with Crippen LogP contribution in [0.2, 0.25) is 0 Å². The molecular weight excluding hydrogens is 293 g/mol. The molecule has 0 aromatic rings. The van der Waals surface area contributed by atoms with Gasteiger partial charge in [0, 0.05) is 0 Å². The molecule has 1 atom stereocenters. The van der Waals surface area contributed by atoms with Gasteiger partial charge in [0.15, 0.2) is 0 Å². The van der Waals surface area contributed by atoms with Gasteiger partial charge in [0.05, 0.1) is 9.05 Å². The normalized spacial score (nSPS) is 10.6. The first-order valence-corrected chi connectivity index (χ1v) is 3.05. The maximum absolute atomic E-state index is 9.00. The topological polar surface area (TPSA) is 90.4 Å². The van der Waals surface area contributed by atoms with Gasteiger partial charge in [-0.1, -0.05) is 0 Å². The first-order chi connectivity index (χ1) is 2.00. The molecule has 2 N–H and O–H groups in total. The summed E-state index contributed by atoms with van der Waals surface area (Å²) in [7, 11) is -4.08. The molecule has 0 saturated heterocycles. The minimum absolute atomic E-state index is 0. The van der Waals surface area contributed by atoms with E-state index in [0.29, 0.717) is 0 Å². The molecule has 0 aliphatic heterocycles. The van der Waals surface area contributed by atoms with Gasteiger partial charge in [-0.3, -0.25) is 0 Å². The van der Waals surface area contributed by atoms with Gasteiger partial charge in [0.2, 0.25) is 0 Å². The van der Waals surface area contributed by atoms with Crippen LogP contribution in [0.1, 0.15) is 0 Å². The molecule has 1 unspecified atom stereocenters. The number of hydrogen-bond acceptors (Lipinski definition) is 4. The van der Waals surface area contributed by atoms with E-state index in [9.17, 15) is 0 Å². The van der Waals surface area contributed by atoms with E-state index in [4.69, 9.17) is 13.3 Å². The zero-order chi connectivity index (χ0) is 4.50. The zero-order valence-corrected chi connectivity index (χ0v) is 16.2. The number of rotatable bonds is 0. The molecule has 10 heteroatoms. The van der Waals surface area contributed by atoms with E-state index in [-0.39, 0.29) is 133 Å². The van der Waals surface area contributed by atoms with Crippen molar-refractivity contribution < 1.29 is 146 Å². The van der Waals surface area contributed by atoms with E-state index in [1.165, 1.54) is 0 Å². The van der Waals surface area contributed by atoms with Gasteiger partial charge >= 0.3 is 110 Å². The van der Waals surface area contributed by atoms with Gasteiger partial charge < -0.3 is 31.6 Å². The smallest absolute Gasteiger partial charge is 1.00 e. The van der Waals surface area contributed by atoms with Crippen LogP contribution in [-0.2, 0) is 20.2 Å². The Balaban J connectivity index is -0.00000000800. The number of hydrogen-bond donors (Lipinski definition) is 1. The van der Waals surface area contributed by atoms with Crippen LogP contribution in [0.4, 0.5) is 0 Å². The Hall–Kier alpha value is 4.37. The standard InChI is InChI=1S/BrH.K.2Na.H2O3S2.H2O/c;;;;1-5(2,3)4;/h1H;;;;(H2,1,2,3,4);1H2/q;3*+1;;/p-3. The van der Waals surface area contributed by atoms with E-state index in [2.05, 4.69) is 11.2 Å². The van der Waals surface area contributed by atoms with Gasteiger partial charge in [-0.2, -0.15) is 0 Å². The van der Waals surface area contributed by atoms with Crippen molar-refractivity contribution >= 4 is 20.2 Å². The molecule has 0 bridgehead atoms. The SMILES string of the molecule is O=S([O-])(O)=S.[Br-].[K+].[Na+].[Na+].[OH-]. The Morgan fingerprint density at radius 2 is 1.40 bits per heavy atom. The summed E-state index contributed by atoms with van der Waals surface area (Å²) >= 11 is 3.35. The van der Waals surface area contributed by atoms with Crippen LogP contribution in [-0.4, -0.2) is 18.8 Å². The second kappa shape index (κ2) is 19.0. The van der Waals surface area contributed by atoms with Gasteiger partial charge in [-0.15, -0.1) is 0 Å². The fourth-order valence-electron chi connectivity index (χ4n) is 0. The Morgan fingerprint density at radius 3 is 1.40 bits per heavy atom. The van der Waals surface area contributed by atoms with E-state index in [1.54, 1.807) is 0 Å². The summed E-state index contributed by atoms with van der Waals surface area (Å²) in [5.74, 6) is 0. The van der Waals surface area contributed by atoms with Crippen molar-refractivity contribution in [2.75, 3.05) is 0 Å². The molecule has 0 aromatic carbocycles. The van der Waals surface area contributed by atoms with Gasteiger partial charge in [-0.05, 0) is 11.2 Å². The van der Waals surface area contributed by atoms with Crippen molar-refractivity contribution in [2.45, 2.75) is 0 Å². The van der Waals surface area contributed by atoms with Crippen molar-refractivity contribution in [1.29, 1.82) is 0 Å². The molecule has 0 spiro atoms. The third-order valence-electron chi connectivity index (χ3n) is 0. The second-order valence-electron chi connectivity index (χ2n) is 0.428. The van der Waals surface area contributed by atoms with Crippen molar-refractivity contribution in [2.24, 2.45) is 0 Å². The average molecular weight is 295 g/mol. The van der Waals surface area contributed by atoms with Crippen LogP contribution in [0.15, 0.2) is 0 Å². The Kier molecular flexibility index (Phi) is 69.8. The van der Waals surface area contributed by atoms with Gasteiger partial charge in [0.25, 0.3) is 0 Å². The predicted molar refractivity (Wildman–Crippen MR) is 20.8 cm³/mol. The van der Waals surface area contributed by atoms with E-state index >= 15 is 0 Å². The maximum Gasteiger partial charge on any atom is 1.00 e. The molecule has 0 rings (SSSR count). The van der Waals surface area contributed by atoms with Crippen LogP contribution in [0, 0.1) is 0 Å². The quantitative estimate of drug-likeness (QED) is 0.448. The van der Waals surface area contributed by atoms with E-state index in [0.717, 1.165) is 0 Å². The Labute approximate surface area is 162 Å². The summed E-state index contributed by atoms with van der Waals surface area (Å²) in [6, 6.07) is 0. The summed E-state index contributed by atoms with van der Waals surface area (Å²) in [5, 5.41) is 0. The van der Waals surface area contributed by atoms with Crippen molar-refractivity contribution in [1.82, 2.24) is 0 Å². The summed E-state index contributed by atoms with van der Waals surface area (Å²) in [5.41, 5.74) is 0. The average Bonchev–Trinajstić information content (AvgIpc) is 0.722. The molecule has 0 aliphatic carbocycles. The molecule has 0 aliphatic rings. The molecule has 0 fully saturated rings. The first-order valence-electron chi connectivity index (χ1n) is 0.683. The van der Waals surface area contributed by atoms with E-state index < -0.39 is 9.05 Å². The molecular formula is H2BrKNa2O4S2. The van der Waals surface area contributed by atoms with Crippen LogP contribution in [0.5, 0.6) is 0 Å². The van der Waals surface area contributed by atoms with Crippen LogP contribution in [0.3, 0.4) is 0 Å². The minimum Gasteiger partial charge on any atom is -1.00 e. The number of halogens is 1. The Bertz CT molecular complexity index is 104. The Morgan fingerprint density at radius 1 is 1.40 bits per heavy atom. The summed E-state index contributed by atoms with van der Waals surface area (Å²) < 4.78 is 25.3. The molecule has 48 valence electrons. The molecule has 4 nitrogen and oxygen atoms in total. The van der Waals surface area contributed by atoms with Crippen LogP contribution < -0.4 is 127 Å². The summed E-state index contributed by atoms with van der Waals surface area (Å²) in [6.45, 7) is 0. The molecule has 0 aromatic heterocycles. The maximum atomic E-state index is 9.00. The largest absolute Gasteiger partial charge is 1.00 e. The van der Waals surface area contributed by atoms with Crippen molar-refractivity contribution in [3.8, 4) is 0 Å². The first kappa shape index (κ1) is 36.7. The van der Waals surface area contributed by atoms with Gasteiger partial charge in [-0.25, -0.2) is 4.21 Å². The minimum atomic E-state index is -4.08. The summed E-state index contributed by atoms with van der Waals surface area (Å²) in [6.07, 6.45) is 0. The third-order valence-corrected chi connectivity index (χ3v) is 0. The predicted octanol–water partition coefficient (Wildman–Crippen LogP) is -12.8. The second-order valence-corrected chi connectivity index (χ2v) is 2.55. The third kappa shape index (κ3) is 83.8. The molecule has 0 amide bonds. The van der Waals surface area contributed by atoms with E-state index in [1.807, 2.05) is 0 Å². The molecule has 0 saturated carbocycles. The van der Waals surface area contributed by atoms with Crippen LogP contribution >= 0.6 is 0 Å².